The van der Waals surface area contributed by atoms with E-state index in [0.29, 0.717) is 11.8 Å². The largest absolute Gasteiger partial charge is 0.305 e. The van der Waals surface area contributed by atoms with Gasteiger partial charge in [0.1, 0.15) is 0 Å². The molecule has 0 saturated heterocycles. The Bertz CT molecular complexity index is 329. The van der Waals surface area contributed by atoms with Gasteiger partial charge in [0, 0.05) is 16.7 Å². The number of benzene rings is 1. The van der Waals surface area contributed by atoms with Crippen molar-refractivity contribution >= 4 is 11.8 Å². The zero-order chi connectivity index (χ0) is 9.80. The molecule has 0 fully saturated rings. The lowest BCUT2D eigenvalue weighted by atomic mass is 10.1. The van der Waals surface area contributed by atoms with Crippen LogP contribution in [0.3, 0.4) is 0 Å². The average molecular weight is 203 g/mol. The second-order valence-corrected chi connectivity index (χ2v) is 4.73. The molecule has 0 aromatic heterocycles. The Morgan fingerprint density at radius 2 is 2.36 bits per heavy atom. The van der Waals surface area contributed by atoms with Crippen molar-refractivity contribution in [3.8, 4) is 12.3 Å². The minimum Gasteiger partial charge on any atom is -0.305 e. The summed E-state index contributed by atoms with van der Waals surface area (Å²) in [5, 5.41) is 3.91. The van der Waals surface area contributed by atoms with Crippen LogP contribution in [0.15, 0.2) is 29.2 Å². The van der Waals surface area contributed by atoms with Crippen molar-refractivity contribution in [1.29, 1.82) is 0 Å². The first-order valence-electron chi connectivity index (χ1n) is 4.79. The van der Waals surface area contributed by atoms with Crippen LogP contribution in [0.1, 0.15) is 5.56 Å². The Morgan fingerprint density at radius 1 is 1.50 bits per heavy atom. The van der Waals surface area contributed by atoms with Crippen LogP contribution in [0.25, 0.3) is 0 Å². The molecule has 0 saturated carbocycles. The molecular weight excluding hydrogens is 190 g/mol. The van der Waals surface area contributed by atoms with Crippen LogP contribution in [0.5, 0.6) is 0 Å². The van der Waals surface area contributed by atoms with Crippen LogP contribution < -0.4 is 5.32 Å². The summed E-state index contributed by atoms with van der Waals surface area (Å²) >= 11 is 1.96. The van der Waals surface area contributed by atoms with Crippen LogP contribution >= 0.6 is 11.8 Å². The molecule has 0 radical (unpaired) electrons. The van der Waals surface area contributed by atoms with Gasteiger partial charge in [-0.25, -0.2) is 0 Å². The molecule has 1 atom stereocenters. The van der Waals surface area contributed by atoms with Crippen molar-refractivity contribution in [2.24, 2.45) is 0 Å². The van der Waals surface area contributed by atoms with Gasteiger partial charge in [-0.15, -0.1) is 18.2 Å². The van der Waals surface area contributed by atoms with Crippen LogP contribution in [0, 0.1) is 12.3 Å². The number of hydrogen-bond donors (Lipinski definition) is 1. The summed E-state index contributed by atoms with van der Waals surface area (Å²) < 4.78 is 0. The van der Waals surface area contributed by atoms with E-state index in [0.717, 1.165) is 6.54 Å². The molecule has 2 heteroatoms. The lowest BCUT2D eigenvalue weighted by molar-refractivity contribution is 0.719. The maximum absolute atomic E-state index is 5.18. The maximum atomic E-state index is 5.18. The van der Waals surface area contributed by atoms with Crippen LogP contribution in [0.4, 0.5) is 0 Å². The predicted molar refractivity (Wildman–Crippen MR) is 61.5 cm³/mol. The van der Waals surface area contributed by atoms with Gasteiger partial charge in [0.15, 0.2) is 0 Å². The number of hydrogen-bond acceptors (Lipinski definition) is 2. The van der Waals surface area contributed by atoms with Gasteiger partial charge >= 0.3 is 0 Å². The van der Waals surface area contributed by atoms with Crippen LogP contribution in [-0.4, -0.2) is 18.3 Å². The van der Waals surface area contributed by atoms with Crippen molar-refractivity contribution in [2.45, 2.75) is 16.6 Å². The lowest BCUT2D eigenvalue weighted by Gasteiger charge is -2.07. The molecule has 1 aromatic rings. The Morgan fingerprint density at radius 3 is 3.14 bits per heavy atom. The molecule has 14 heavy (non-hydrogen) atoms. The summed E-state index contributed by atoms with van der Waals surface area (Å²) in [4.78, 5) is 1.43. The van der Waals surface area contributed by atoms with E-state index in [9.17, 15) is 0 Å². The highest BCUT2D eigenvalue weighted by Crippen LogP contribution is 2.36. The van der Waals surface area contributed by atoms with Crippen molar-refractivity contribution in [2.75, 3.05) is 13.1 Å². The number of thioether (sulfide) groups is 1. The molecule has 1 aliphatic rings. The fraction of sp³-hybridized carbons (Fsp3) is 0.333. The predicted octanol–water partition coefficient (Wildman–Crippen LogP) is 1.93. The monoisotopic (exact) mass is 203 g/mol. The number of rotatable bonds is 3. The molecule has 1 heterocycles. The van der Waals surface area contributed by atoms with Crippen molar-refractivity contribution in [3.63, 3.8) is 0 Å². The summed E-state index contributed by atoms with van der Waals surface area (Å²) in [6.45, 7) is 1.68. The van der Waals surface area contributed by atoms with Gasteiger partial charge in [-0.2, -0.15) is 0 Å². The Hall–Kier alpha value is -0.910. The second-order valence-electron chi connectivity index (χ2n) is 3.39. The first kappa shape index (κ1) is 9.64. The minimum atomic E-state index is 0.653. The zero-order valence-electron chi connectivity index (χ0n) is 7.99. The van der Waals surface area contributed by atoms with Gasteiger partial charge in [-0.1, -0.05) is 24.1 Å². The normalized spacial score (nSPS) is 18.9. The molecule has 0 amide bonds. The van der Waals surface area contributed by atoms with E-state index in [1.54, 1.807) is 0 Å². The van der Waals surface area contributed by atoms with Gasteiger partial charge in [0.25, 0.3) is 0 Å². The van der Waals surface area contributed by atoms with Gasteiger partial charge in [0.2, 0.25) is 0 Å². The van der Waals surface area contributed by atoms with E-state index >= 15 is 0 Å². The summed E-state index contributed by atoms with van der Waals surface area (Å²) in [6, 6.07) is 8.62. The number of terminal acetylenes is 1. The Kier molecular flexibility index (Phi) is 3.13. The highest BCUT2D eigenvalue weighted by Gasteiger charge is 2.20. The third-order valence-corrected chi connectivity index (χ3v) is 3.63. The quantitative estimate of drug-likeness (QED) is 0.595. The fourth-order valence-electron chi connectivity index (χ4n) is 1.67. The van der Waals surface area contributed by atoms with Crippen molar-refractivity contribution in [3.05, 3.63) is 29.8 Å². The highest BCUT2D eigenvalue weighted by atomic mass is 32.2. The Labute approximate surface area is 89.3 Å². The summed E-state index contributed by atoms with van der Waals surface area (Å²) in [7, 11) is 0. The summed E-state index contributed by atoms with van der Waals surface area (Å²) in [6.07, 6.45) is 6.34. The summed E-state index contributed by atoms with van der Waals surface area (Å²) in [5.41, 5.74) is 1.48. The van der Waals surface area contributed by atoms with Crippen molar-refractivity contribution in [1.82, 2.24) is 5.32 Å². The van der Waals surface area contributed by atoms with Gasteiger partial charge in [-0.3, -0.25) is 0 Å². The first-order chi connectivity index (χ1) is 6.90. The molecule has 0 bridgehead atoms. The molecule has 1 aliphatic heterocycles. The first-order valence-corrected chi connectivity index (χ1v) is 5.67. The Balaban J connectivity index is 1.89. The van der Waals surface area contributed by atoms with Crippen LogP contribution in [-0.2, 0) is 6.42 Å². The summed E-state index contributed by atoms with van der Waals surface area (Å²) in [5.74, 6) is 2.59. The standard InChI is InChI=1S/C12H13NS/c1-2-7-13-9-11-8-10-5-3-4-6-12(10)14-11/h1,3-6,11,13H,7-9H2. The zero-order valence-corrected chi connectivity index (χ0v) is 8.81. The smallest absolute Gasteiger partial charge is 0.0574 e. The number of fused-ring (bicyclic) bond motifs is 1. The molecular formula is C12H13NS. The van der Waals surface area contributed by atoms with E-state index < -0.39 is 0 Å². The molecule has 1 unspecified atom stereocenters. The van der Waals surface area contributed by atoms with Gasteiger partial charge in [0.05, 0.1) is 6.54 Å². The van der Waals surface area contributed by atoms with E-state index in [-0.39, 0.29) is 0 Å². The topological polar surface area (TPSA) is 12.0 Å². The molecule has 72 valence electrons. The van der Waals surface area contributed by atoms with Crippen molar-refractivity contribution < 1.29 is 0 Å². The second kappa shape index (κ2) is 4.54. The van der Waals surface area contributed by atoms with Gasteiger partial charge < -0.3 is 5.32 Å². The average Bonchev–Trinajstić information content (AvgIpc) is 2.60. The SMILES string of the molecule is C#CCNCC1Cc2ccccc2S1. The molecule has 1 N–H and O–H groups in total. The number of nitrogens with one attached hydrogen (secondary N) is 1. The molecule has 1 nitrogen and oxygen atoms in total. The molecule has 1 aromatic carbocycles. The minimum absolute atomic E-state index is 0.653. The van der Waals surface area contributed by atoms with Crippen LogP contribution in [0.2, 0.25) is 0 Å². The molecule has 0 spiro atoms. The van der Waals surface area contributed by atoms with E-state index in [1.165, 1.54) is 16.9 Å². The van der Waals surface area contributed by atoms with E-state index in [4.69, 9.17) is 6.42 Å². The third-order valence-electron chi connectivity index (χ3n) is 2.31. The lowest BCUT2D eigenvalue weighted by Crippen LogP contribution is -2.24. The molecule has 0 aliphatic carbocycles. The molecule has 2 rings (SSSR count). The van der Waals surface area contributed by atoms with E-state index in [1.807, 2.05) is 11.8 Å². The highest BCUT2D eigenvalue weighted by molar-refractivity contribution is 8.00. The van der Waals surface area contributed by atoms with Gasteiger partial charge in [-0.05, 0) is 18.1 Å². The fourth-order valence-corrected chi connectivity index (χ4v) is 2.96. The third kappa shape index (κ3) is 2.12. The van der Waals surface area contributed by atoms with E-state index in [2.05, 4.69) is 35.5 Å². The maximum Gasteiger partial charge on any atom is 0.0574 e.